The molecule has 0 bridgehead atoms. The average molecular weight is 256 g/mol. The van der Waals surface area contributed by atoms with Crippen molar-refractivity contribution < 1.29 is 4.79 Å². The fourth-order valence-corrected chi connectivity index (χ4v) is 3.44. The first-order valence-corrected chi connectivity index (χ1v) is 6.38. The maximum absolute atomic E-state index is 12.5. The number of para-hydroxylation sites is 1. The van der Waals surface area contributed by atoms with Crippen molar-refractivity contribution in [3.8, 4) is 0 Å². The standard InChI is InChI=1S/C15H10ClNO/c16-13-11-7-3-4-8-12(11)17-14(13)9-5-1-2-6-10(9)15(17)18/h1-8,13-14H. The minimum atomic E-state index is -0.159. The average Bonchev–Trinajstić information content (AvgIpc) is 2.87. The van der Waals surface area contributed by atoms with Crippen LogP contribution in [0.5, 0.6) is 0 Å². The van der Waals surface area contributed by atoms with E-state index < -0.39 is 0 Å². The van der Waals surface area contributed by atoms with Gasteiger partial charge < -0.3 is 0 Å². The molecule has 0 fully saturated rings. The largest absolute Gasteiger partial charge is 0.299 e. The number of carbonyl (C=O) groups is 1. The lowest BCUT2D eigenvalue weighted by Gasteiger charge is -2.18. The second-order valence-corrected chi connectivity index (χ2v) is 5.14. The van der Waals surface area contributed by atoms with Crippen LogP contribution in [0.25, 0.3) is 0 Å². The van der Waals surface area contributed by atoms with Crippen LogP contribution in [0.1, 0.15) is 32.9 Å². The van der Waals surface area contributed by atoms with E-state index in [1.807, 2.05) is 53.4 Å². The molecule has 2 aromatic rings. The SMILES string of the molecule is O=C1c2ccccc2C2C(Cl)c3ccccc3N12. The molecule has 0 spiro atoms. The Morgan fingerprint density at radius 1 is 0.944 bits per heavy atom. The van der Waals surface area contributed by atoms with Crippen LogP contribution in [0.4, 0.5) is 5.69 Å². The van der Waals surface area contributed by atoms with Gasteiger partial charge in [0.15, 0.2) is 0 Å². The summed E-state index contributed by atoms with van der Waals surface area (Å²) in [5.74, 6) is 0.0613. The van der Waals surface area contributed by atoms with Crippen molar-refractivity contribution in [3.63, 3.8) is 0 Å². The van der Waals surface area contributed by atoms with Crippen molar-refractivity contribution in [3.05, 3.63) is 65.2 Å². The Kier molecular flexibility index (Phi) is 1.90. The summed E-state index contributed by atoms with van der Waals surface area (Å²) >= 11 is 6.54. The molecule has 2 unspecified atom stereocenters. The Balaban J connectivity index is 1.98. The first-order chi connectivity index (χ1) is 8.79. The summed E-state index contributed by atoms with van der Waals surface area (Å²) in [5, 5.41) is -0.159. The number of rotatable bonds is 0. The smallest absolute Gasteiger partial charge is 0.259 e. The number of nitrogens with zero attached hydrogens (tertiary/aromatic N) is 1. The van der Waals surface area contributed by atoms with Crippen LogP contribution in [0.2, 0.25) is 0 Å². The Bertz CT molecular complexity index is 667. The van der Waals surface area contributed by atoms with Crippen molar-refractivity contribution in [2.45, 2.75) is 11.4 Å². The third-order valence-electron chi connectivity index (χ3n) is 3.78. The molecule has 2 aliphatic rings. The summed E-state index contributed by atoms with van der Waals surface area (Å²) in [4.78, 5) is 14.3. The van der Waals surface area contributed by atoms with Crippen molar-refractivity contribution >= 4 is 23.2 Å². The van der Waals surface area contributed by atoms with Gasteiger partial charge in [-0.3, -0.25) is 9.69 Å². The lowest BCUT2D eigenvalue weighted by atomic mass is 10.00. The lowest BCUT2D eigenvalue weighted by Crippen LogP contribution is -2.24. The highest BCUT2D eigenvalue weighted by atomic mass is 35.5. The first-order valence-electron chi connectivity index (χ1n) is 5.94. The van der Waals surface area contributed by atoms with Crippen LogP contribution < -0.4 is 4.90 Å². The fourth-order valence-electron chi connectivity index (χ4n) is 3.00. The van der Waals surface area contributed by atoms with Crippen molar-refractivity contribution in [1.82, 2.24) is 0 Å². The molecule has 18 heavy (non-hydrogen) atoms. The Hall–Kier alpha value is -1.80. The molecule has 0 aromatic heterocycles. The molecule has 0 saturated heterocycles. The van der Waals surface area contributed by atoms with Gasteiger partial charge in [-0.2, -0.15) is 0 Å². The molecule has 0 aliphatic carbocycles. The van der Waals surface area contributed by atoms with Gasteiger partial charge in [0, 0.05) is 11.3 Å². The molecule has 2 heterocycles. The van der Waals surface area contributed by atoms with Gasteiger partial charge >= 0.3 is 0 Å². The van der Waals surface area contributed by atoms with Crippen LogP contribution in [0.3, 0.4) is 0 Å². The van der Waals surface area contributed by atoms with Crippen LogP contribution in [-0.4, -0.2) is 5.91 Å². The number of carbonyl (C=O) groups excluding carboxylic acids is 1. The third-order valence-corrected chi connectivity index (χ3v) is 4.25. The zero-order chi connectivity index (χ0) is 12.3. The summed E-state index contributed by atoms with van der Waals surface area (Å²) in [6.45, 7) is 0. The number of hydrogen-bond acceptors (Lipinski definition) is 1. The molecular weight excluding hydrogens is 246 g/mol. The summed E-state index contributed by atoms with van der Waals surface area (Å²) in [6.07, 6.45) is 0. The molecule has 0 radical (unpaired) electrons. The predicted molar refractivity (Wildman–Crippen MR) is 71.0 cm³/mol. The van der Waals surface area contributed by atoms with E-state index in [2.05, 4.69) is 0 Å². The first kappa shape index (κ1) is 10.2. The molecule has 2 aliphatic heterocycles. The van der Waals surface area contributed by atoms with E-state index in [1.54, 1.807) is 0 Å². The van der Waals surface area contributed by atoms with Gasteiger partial charge in [-0.05, 0) is 23.3 Å². The number of halogens is 1. The summed E-state index contributed by atoms with van der Waals surface area (Å²) < 4.78 is 0. The van der Waals surface area contributed by atoms with E-state index in [9.17, 15) is 4.79 Å². The second-order valence-electron chi connectivity index (χ2n) is 4.67. The minimum absolute atomic E-state index is 0.0484. The van der Waals surface area contributed by atoms with Gasteiger partial charge in [-0.1, -0.05) is 36.4 Å². The quantitative estimate of drug-likeness (QED) is 0.658. The van der Waals surface area contributed by atoms with Crippen LogP contribution >= 0.6 is 11.6 Å². The van der Waals surface area contributed by atoms with Gasteiger partial charge in [0.2, 0.25) is 0 Å². The van der Waals surface area contributed by atoms with Crippen LogP contribution in [-0.2, 0) is 0 Å². The summed E-state index contributed by atoms with van der Waals surface area (Å²) in [5.41, 5.74) is 3.82. The molecule has 0 N–H and O–H groups in total. The van der Waals surface area contributed by atoms with Crippen LogP contribution in [0, 0.1) is 0 Å². The highest BCUT2D eigenvalue weighted by Crippen LogP contribution is 2.55. The van der Waals surface area contributed by atoms with E-state index in [-0.39, 0.29) is 17.3 Å². The second kappa shape index (κ2) is 3.36. The van der Waals surface area contributed by atoms with E-state index >= 15 is 0 Å². The monoisotopic (exact) mass is 255 g/mol. The van der Waals surface area contributed by atoms with Crippen LogP contribution in [0.15, 0.2) is 48.5 Å². The van der Waals surface area contributed by atoms with E-state index in [0.29, 0.717) is 0 Å². The number of alkyl halides is 1. The number of hydrogen-bond donors (Lipinski definition) is 0. The maximum atomic E-state index is 12.5. The van der Waals surface area contributed by atoms with Gasteiger partial charge in [-0.15, -0.1) is 11.6 Å². The molecule has 2 aromatic carbocycles. The zero-order valence-corrected chi connectivity index (χ0v) is 10.3. The number of amides is 1. The Labute approximate surface area is 110 Å². The molecule has 0 saturated carbocycles. The molecule has 88 valence electrons. The summed E-state index contributed by atoms with van der Waals surface area (Å²) in [7, 11) is 0. The van der Waals surface area contributed by atoms with Gasteiger partial charge in [-0.25, -0.2) is 0 Å². The maximum Gasteiger partial charge on any atom is 0.259 e. The molecule has 1 amide bonds. The number of fused-ring (bicyclic) bond motifs is 5. The Morgan fingerprint density at radius 3 is 2.44 bits per heavy atom. The third kappa shape index (κ3) is 1.06. The molecule has 2 atom stereocenters. The van der Waals surface area contributed by atoms with Gasteiger partial charge in [0.05, 0.1) is 11.4 Å². The Morgan fingerprint density at radius 2 is 1.61 bits per heavy atom. The van der Waals surface area contributed by atoms with Crippen molar-refractivity contribution in [2.75, 3.05) is 4.90 Å². The normalized spacial score (nSPS) is 23.8. The number of benzene rings is 2. The van der Waals surface area contributed by atoms with E-state index in [4.69, 9.17) is 11.6 Å². The van der Waals surface area contributed by atoms with Crippen molar-refractivity contribution in [2.24, 2.45) is 0 Å². The molecule has 2 nitrogen and oxygen atoms in total. The molecular formula is C15H10ClNO. The lowest BCUT2D eigenvalue weighted by molar-refractivity contribution is 0.0993. The van der Waals surface area contributed by atoms with Gasteiger partial charge in [0.1, 0.15) is 0 Å². The minimum Gasteiger partial charge on any atom is -0.299 e. The van der Waals surface area contributed by atoms with Crippen molar-refractivity contribution in [1.29, 1.82) is 0 Å². The topological polar surface area (TPSA) is 20.3 Å². The molecule has 4 rings (SSSR count). The predicted octanol–water partition coefficient (Wildman–Crippen LogP) is 3.68. The van der Waals surface area contributed by atoms with E-state index in [0.717, 1.165) is 22.4 Å². The van der Waals surface area contributed by atoms with Gasteiger partial charge in [0.25, 0.3) is 5.91 Å². The fraction of sp³-hybridized carbons (Fsp3) is 0.133. The highest BCUT2D eigenvalue weighted by Gasteiger charge is 2.47. The van der Waals surface area contributed by atoms with E-state index in [1.165, 1.54) is 0 Å². The number of anilines is 1. The highest BCUT2D eigenvalue weighted by molar-refractivity contribution is 6.25. The summed E-state index contributed by atoms with van der Waals surface area (Å²) in [6, 6.07) is 15.6. The zero-order valence-electron chi connectivity index (χ0n) is 9.51. The molecule has 3 heteroatoms.